The molecule has 0 saturated carbocycles. The average molecular weight is 187 g/mol. The SMILES string of the molecule is NCCCNc1nccc(Cl)n1. The zero-order valence-electron chi connectivity index (χ0n) is 6.63. The van der Waals surface area contributed by atoms with Crippen molar-refractivity contribution in [1.29, 1.82) is 0 Å². The van der Waals surface area contributed by atoms with Crippen molar-refractivity contribution in [3.63, 3.8) is 0 Å². The number of aromatic nitrogens is 2. The van der Waals surface area contributed by atoms with Crippen molar-refractivity contribution in [2.24, 2.45) is 5.73 Å². The Bertz CT molecular complexity index is 241. The fourth-order valence-electron chi connectivity index (χ4n) is 0.724. The zero-order chi connectivity index (χ0) is 8.81. The molecule has 5 heteroatoms. The monoisotopic (exact) mass is 186 g/mol. The number of hydrogen-bond acceptors (Lipinski definition) is 4. The fourth-order valence-corrected chi connectivity index (χ4v) is 0.861. The summed E-state index contributed by atoms with van der Waals surface area (Å²) in [5.41, 5.74) is 5.32. The van der Waals surface area contributed by atoms with Crippen LogP contribution in [0.2, 0.25) is 5.15 Å². The van der Waals surface area contributed by atoms with Crippen LogP contribution in [-0.4, -0.2) is 23.1 Å². The van der Waals surface area contributed by atoms with Gasteiger partial charge in [0.05, 0.1) is 0 Å². The molecule has 1 aromatic rings. The lowest BCUT2D eigenvalue weighted by Gasteiger charge is -2.01. The molecule has 0 bridgehead atoms. The van der Waals surface area contributed by atoms with Crippen LogP contribution in [0, 0.1) is 0 Å². The molecule has 0 aliphatic rings. The average Bonchev–Trinajstić information content (AvgIpc) is 2.05. The fraction of sp³-hybridized carbons (Fsp3) is 0.429. The maximum atomic E-state index is 5.64. The van der Waals surface area contributed by atoms with Crippen LogP contribution in [0.4, 0.5) is 5.95 Å². The Morgan fingerprint density at radius 3 is 3.08 bits per heavy atom. The minimum atomic E-state index is 0.445. The van der Waals surface area contributed by atoms with Crippen LogP contribution >= 0.6 is 11.6 Å². The number of rotatable bonds is 4. The van der Waals surface area contributed by atoms with Crippen LogP contribution in [0.5, 0.6) is 0 Å². The predicted molar refractivity (Wildman–Crippen MR) is 49.2 cm³/mol. The molecule has 3 N–H and O–H groups in total. The van der Waals surface area contributed by atoms with Gasteiger partial charge in [-0.3, -0.25) is 0 Å². The van der Waals surface area contributed by atoms with Gasteiger partial charge in [-0.15, -0.1) is 0 Å². The highest BCUT2D eigenvalue weighted by Crippen LogP contribution is 2.04. The standard InChI is InChI=1S/C7H11ClN4/c8-6-2-5-11-7(12-6)10-4-1-3-9/h2,5H,1,3-4,9H2,(H,10,11,12). The van der Waals surface area contributed by atoms with Crippen molar-refractivity contribution in [3.8, 4) is 0 Å². The molecule has 0 saturated heterocycles. The van der Waals surface area contributed by atoms with Crippen LogP contribution in [0.15, 0.2) is 12.3 Å². The molecule has 1 aromatic heterocycles. The summed E-state index contributed by atoms with van der Waals surface area (Å²) in [6, 6.07) is 1.63. The quantitative estimate of drug-likeness (QED) is 0.542. The highest BCUT2D eigenvalue weighted by Gasteiger charge is 1.94. The molecule has 0 amide bonds. The van der Waals surface area contributed by atoms with E-state index in [1.54, 1.807) is 12.3 Å². The molecule has 0 unspecified atom stereocenters. The summed E-state index contributed by atoms with van der Waals surface area (Å²) in [5, 5.41) is 3.44. The second-order valence-electron chi connectivity index (χ2n) is 2.27. The van der Waals surface area contributed by atoms with E-state index in [-0.39, 0.29) is 0 Å². The Hall–Kier alpha value is -0.870. The Balaban J connectivity index is 2.41. The first-order chi connectivity index (χ1) is 5.83. The normalized spacial score (nSPS) is 9.83. The van der Waals surface area contributed by atoms with Gasteiger partial charge in [0.1, 0.15) is 5.15 Å². The highest BCUT2D eigenvalue weighted by molar-refractivity contribution is 6.29. The Labute approximate surface area is 76.2 Å². The first kappa shape index (κ1) is 9.22. The second-order valence-corrected chi connectivity index (χ2v) is 2.66. The molecule has 0 aliphatic heterocycles. The molecule has 0 aliphatic carbocycles. The van der Waals surface area contributed by atoms with E-state index in [0.717, 1.165) is 13.0 Å². The van der Waals surface area contributed by atoms with Crippen LogP contribution in [-0.2, 0) is 0 Å². The summed E-state index contributed by atoms with van der Waals surface area (Å²) in [4.78, 5) is 7.91. The van der Waals surface area contributed by atoms with E-state index in [1.807, 2.05) is 0 Å². The molecule has 1 rings (SSSR count). The lowest BCUT2D eigenvalue weighted by molar-refractivity contribution is 0.864. The molecule has 0 aromatic carbocycles. The number of nitrogens with two attached hydrogens (primary N) is 1. The third-order valence-corrected chi connectivity index (χ3v) is 1.50. The van der Waals surface area contributed by atoms with Crippen molar-refractivity contribution in [2.45, 2.75) is 6.42 Å². The van der Waals surface area contributed by atoms with E-state index < -0.39 is 0 Å². The van der Waals surface area contributed by atoms with E-state index in [0.29, 0.717) is 17.6 Å². The molecule has 0 radical (unpaired) electrons. The molecule has 0 atom stereocenters. The zero-order valence-corrected chi connectivity index (χ0v) is 7.38. The van der Waals surface area contributed by atoms with Crippen molar-refractivity contribution >= 4 is 17.5 Å². The van der Waals surface area contributed by atoms with Gasteiger partial charge >= 0.3 is 0 Å². The summed E-state index contributed by atoms with van der Waals surface area (Å²) in [6.45, 7) is 1.43. The lowest BCUT2D eigenvalue weighted by Crippen LogP contribution is -2.10. The van der Waals surface area contributed by atoms with Gasteiger partial charge in [0, 0.05) is 12.7 Å². The smallest absolute Gasteiger partial charge is 0.224 e. The van der Waals surface area contributed by atoms with Crippen LogP contribution in [0.25, 0.3) is 0 Å². The molecule has 1 heterocycles. The van der Waals surface area contributed by atoms with Crippen LogP contribution in [0.3, 0.4) is 0 Å². The third kappa shape index (κ3) is 3.02. The van der Waals surface area contributed by atoms with E-state index in [1.165, 1.54) is 0 Å². The molecule has 12 heavy (non-hydrogen) atoms. The van der Waals surface area contributed by atoms with Gasteiger partial charge in [-0.05, 0) is 19.0 Å². The number of halogens is 1. The number of nitrogens with zero attached hydrogens (tertiary/aromatic N) is 2. The molecule has 66 valence electrons. The predicted octanol–water partition coefficient (Wildman–Crippen LogP) is 0.891. The Morgan fingerprint density at radius 2 is 2.42 bits per heavy atom. The van der Waals surface area contributed by atoms with Gasteiger partial charge in [0.2, 0.25) is 5.95 Å². The van der Waals surface area contributed by atoms with Gasteiger partial charge in [-0.2, -0.15) is 0 Å². The second kappa shape index (κ2) is 4.90. The number of anilines is 1. The van der Waals surface area contributed by atoms with E-state index in [2.05, 4.69) is 15.3 Å². The molecule has 0 fully saturated rings. The minimum Gasteiger partial charge on any atom is -0.354 e. The van der Waals surface area contributed by atoms with Gasteiger partial charge in [-0.25, -0.2) is 9.97 Å². The summed E-state index contributed by atoms with van der Waals surface area (Å²) < 4.78 is 0. The molecule has 4 nitrogen and oxygen atoms in total. The van der Waals surface area contributed by atoms with Gasteiger partial charge in [0.15, 0.2) is 0 Å². The van der Waals surface area contributed by atoms with Crippen molar-refractivity contribution < 1.29 is 0 Å². The van der Waals surface area contributed by atoms with Gasteiger partial charge < -0.3 is 11.1 Å². The van der Waals surface area contributed by atoms with E-state index >= 15 is 0 Å². The number of nitrogens with one attached hydrogen (secondary N) is 1. The number of hydrogen-bond donors (Lipinski definition) is 2. The van der Waals surface area contributed by atoms with Crippen LogP contribution in [0.1, 0.15) is 6.42 Å². The summed E-state index contributed by atoms with van der Waals surface area (Å²) in [5.74, 6) is 0.552. The third-order valence-electron chi connectivity index (χ3n) is 1.29. The van der Waals surface area contributed by atoms with Crippen molar-refractivity contribution in [1.82, 2.24) is 9.97 Å². The molecule has 0 spiro atoms. The topological polar surface area (TPSA) is 63.8 Å². The summed E-state index contributed by atoms with van der Waals surface area (Å²) >= 11 is 5.64. The van der Waals surface area contributed by atoms with Crippen molar-refractivity contribution in [2.75, 3.05) is 18.4 Å². The highest BCUT2D eigenvalue weighted by atomic mass is 35.5. The Kier molecular flexibility index (Phi) is 3.76. The Morgan fingerprint density at radius 1 is 1.58 bits per heavy atom. The first-order valence-electron chi connectivity index (χ1n) is 3.75. The van der Waals surface area contributed by atoms with E-state index in [9.17, 15) is 0 Å². The van der Waals surface area contributed by atoms with Crippen LogP contribution < -0.4 is 11.1 Å². The minimum absolute atomic E-state index is 0.445. The summed E-state index contributed by atoms with van der Waals surface area (Å²) in [7, 11) is 0. The lowest BCUT2D eigenvalue weighted by atomic mass is 10.4. The first-order valence-corrected chi connectivity index (χ1v) is 4.13. The molecular formula is C7H11ClN4. The van der Waals surface area contributed by atoms with Gasteiger partial charge in [-0.1, -0.05) is 11.6 Å². The van der Waals surface area contributed by atoms with Crippen molar-refractivity contribution in [3.05, 3.63) is 17.4 Å². The maximum absolute atomic E-state index is 5.64. The molecular weight excluding hydrogens is 176 g/mol. The maximum Gasteiger partial charge on any atom is 0.224 e. The van der Waals surface area contributed by atoms with Gasteiger partial charge in [0.25, 0.3) is 0 Å². The largest absolute Gasteiger partial charge is 0.354 e. The van der Waals surface area contributed by atoms with E-state index in [4.69, 9.17) is 17.3 Å². The summed E-state index contributed by atoms with van der Waals surface area (Å²) in [6.07, 6.45) is 2.51.